The van der Waals surface area contributed by atoms with Crippen molar-refractivity contribution in [2.45, 2.75) is 12.5 Å². The van der Waals surface area contributed by atoms with Crippen LogP contribution in [0.3, 0.4) is 0 Å². The second kappa shape index (κ2) is 5.33. The standard InChI is InChI=1S/C12H12F2N2S/c1-15-10(12-16-6-7-17-12)8-2-4-9(5-3-8)11(13)14/h2-7,10-11,15H,1H3. The third-order valence-corrected chi connectivity index (χ3v) is 3.35. The van der Waals surface area contributed by atoms with Gasteiger partial charge in [0, 0.05) is 17.1 Å². The van der Waals surface area contributed by atoms with E-state index in [1.807, 2.05) is 12.4 Å². The summed E-state index contributed by atoms with van der Waals surface area (Å²) in [4.78, 5) is 4.23. The molecule has 2 rings (SSSR count). The summed E-state index contributed by atoms with van der Waals surface area (Å²) in [6.45, 7) is 0. The summed E-state index contributed by atoms with van der Waals surface area (Å²) in [6.07, 6.45) is -0.685. The van der Waals surface area contributed by atoms with Crippen molar-refractivity contribution in [1.29, 1.82) is 0 Å². The number of halogens is 2. The quantitative estimate of drug-likeness (QED) is 0.904. The number of hydrogen-bond acceptors (Lipinski definition) is 3. The molecule has 17 heavy (non-hydrogen) atoms. The molecular weight excluding hydrogens is 242 g/mol. The Bertz CT molecular complexity index is 454. The van der Waals surface area contributed by atoms with Gasteiger partial charge in [0.1, 0.15) is 5.01 Å². The number of benzene rings is 1. The van der Waals surface area contributed by atoms with Crippen molar-refractivity contribution in [1.82, 2.24) is 10.3 Å². The van der Waals surface area contributed by atoms with Crippen molar-refractivity contribution >= 4 is 11.3 Å². The fourth-order valence-corrected chi connectivity index (χ4v) is 2.42. The molecule has 0 saturated carbocycles. The number of hydrogen-bond donors (Lipinski definition) is 1. The summed E-state index contributed by atoms with van der Waals surface area (Å²) in [7, 11) is 1.83. The van der Waals surface area contributed by atoms with E-state index in [0.29, 0.717) is 0 Å². The first-order chi connectivity index (χ1) is 8.22. The molecule has 1 atom stereocenters. The van der Waals surface area contributed by atoms with Crippen molar-refractivity contribution in [3.05, 3.63) is 52.0 Å². The van der Waals surface area contributed by atoms with Gasteiger partial charge < -0.3 is 5.32 Å². The van der Waals surface area contributed by atoms with Crippen molar-refractivity contribution < 1.29 is 8.78 Å². The molecule has 0 aliphatic heterocycles. The molecule has 0 aliphatic carbocycles. The van der Waals surface area contributed by atoms with E-state index in [9.17, 15) is 8.78 Å². The second-order valence-corrected chi connectivity index (χ2v) is 4.49. The third kappa shape index (κ3) is 2.68. The maximum Gasteiger partial charge on any atom is 0.263 e. The monoisotopic (exact) mass is 254 g/mol. The van der Waals surface area contributed by atoms with E-state index in [0.717, 1.165) is 10.6 Å². The van der Waals surface area contributed by atoms with Crippen molar-refractivity contribution in [3.8, 4) is 0 Å². The molecule has 0 saturated heterocycles. The van der Waals surface area contributed by atoms with E-state index in [4.69, 9.17) is 0 Å². The minimum Gasteiger partial charge on any atom is -0.307 e. The molecule has 0 bridgehead atoms. The van der Waals surface area contributed by atoms with Crippen LogP contribution in [-0.4, -0.2) is 12.0 Å². The predicted molar refractivity (Wildman–Crippen MR) is 64.4 cm³/mol. The van der Waals surface area contributed by atoms with Crippen LogP contribution in [0.4, 0.5) is 8.78 Å². The van der Waals surface area contributed by atoms with Gasteiger partial charge in [0.25, 0.3) is 6.43 Å². The van der Waals surface area contributed by atoms with Crippen LogP contribution in [0.25, 0.3) is 0 Å². The summed E-state index contributed by atoms with van der Waals surface area (Å²) >= 11 is 1.54. The normalized spacial score (nSPS) is 12.9. The number of alkyl halides is 2. The minimum atomic E-state index is -2.42. The van der Waals surface area contributed by atoms with Crippen LogP contribution >= 0.6 is 11.3 Å². The Labute approximate surface area is 102 Å². The molecule has 2 aromatic rings. The lowest BCUT2D eigenvalue weighted by molar-refractivity contribution is 0.151. The van der Waals surface area contributed by atoms with Gasteiger partial charge in [-0.05, 0) is 12.6 Å². The molecule has 0 amide bonds. The predicted octanol–water partition coefficient (Wildman–Crippen LogP) is 3.39. The van der Waals surface area contributed by atoms with Crippen LogP contribution in [0.15, 0.2) is 35.8 Å². The molecular formula is C12H12F2N2S. The molecule has 2 nitrogen and oxygen atoms in total. The van der Waals surface area contributed by atoms with Crippen molar-refractivity contribution in [2.24, 2.45) is 0 Å². The summed E-state index contributed by atoms with van der Waals surface area (Å²) in [5.74, 6) is 0. The Morgan fingerprint density at radius 3 is 2.29 bits per heavy atom. The summed E-state index contributed by atoms with van der Waals surface area (Å²) in [5.41, 5.74) is 0.981. The van der Waals surface area contributed by atoms with Gasteiger partial charge in [-0.3, -0.25) is 0 Å². The molecule has 90 valence electrons. The molecule has 1 heterocycles. The molecule has 0 fully saturated rings. The minimum absolute atomic E-state index is 0.0401. The fourth-order valence-electron chi connectivity index (χ4n) is 1.64. The van der Waals surface area contributed by atoms with Crippen LogP contribution < -0.4 is 5.32 Å². The van der Waals surface area contributed by atoms with Crippen molar-refractivity contribution in [2.75, 3.05) is 7.05 Å². The first kappa shape index (κ1) is 12.1. The molecule has 1 unspecified atom stereocenters. The zero-order valence-electron chi connectivity index (χ0n) is 9.23. The highest BCUT2D eigenvalue weighted by Crippen LogP contribution is 2.26. The van der Waals surface area contributed by atoms with Gasteiger partial charge in [-0.25, -0.2) is 13.8 Å². The van der Waals surface area contributed by atoms with Gasteiger partial charge >= 0.3 is 0 Å². The van der Waals surface area contributed by atoms with Crippen LogP contribution in [0.2, 0.25) is 0 Å². The Hall–Kier alpha value is -1.33. The van der Waals surface area contributed by atoms with Crippen LogP contribution in [0, 0.1) is 0 Å². The number of nitrogens with one attached hydrogen (secondary N) is 1. The van der Waals surface area contributed by atoms with Gasteiger partial charge in [0.15, 0.2) is 0 Å². The highest BCUT2D eigenvalue weighted by Gasteiger charge is 2.15. The van der Waals surface area contributed by atoms with Gasteiger partial charge in [-0.15, -0.1) is 11.3 Å². The van der Waals surface area contributed by atoms with Gasteiger partial charge in [-0.1, -0.05) is 24.3 Å². The fraction of sp³-hybridized carbons (Fsp3) is 0.250. The zero-order chi connectivity index (χ0) is 12.3. The Morgan fingerprint density at radius 1 is 1.18 bits per heavy atom. The first-order valence-corrected chi connectivity index (χ1v) is 6.05. The largest absolute Gasteiger partial charge is 0.307 e. The lowest BCUT2D eigenvalue weighted by atomic mass is 10.1. The number of rotatable bonds is 4. The van der Waals surface area contributed by atoms with Gasteiger partial charge in [0.05, 0.1) is 6.04 Å². The SMILES string of the molecule is CNC(c1ccc(C(F)F)cc1)c1nccs1. The Morgan fingerprint density at radius 2 is 1.82 bits per heavy atom. The highest BCUT2D eigenvalue weighted by atomic mass is 32.1. The average molecular weight is 254 g/mol. The third-order valence-electron chi connectivity index (χ3n) is 2.51. The maximum absolute atomic E-state index is 12.4. The average Bonchev–Trinajstić information content (AvgIpc) is 2.84. The van der Waals surface area contributed by atoms with E-state index in [1.165, 1.54) is 23.5 Å². The van der Waals surface area contributed by atoms with Gasteiger partial charge in [0.2, 0.25) is 0 Å². The zero-order valence-corrected chi connectivity index (χ0v) is 10.0. The second-order valence-electron chi connectivity index (χ2n) is 3.56. The van der Waals surface area contributed by atoms with Crippen molar-refractivity contribution in [3.63, 3.8) is 0 Å². The molecule has 0 spiro atoms. The van der Waals surface area contributed by atoms with E-state index < -0.39 is 6.43 Å². The summed E-state index contributed by atoms with van der Waals surface area (Å²) < 4.78 is 24.9. The van der Waals surface area contributed by atoms with E-state index in [2.05, 4.69) is 10.3 Å². The molecule has 0 aliphatic rings. The smallest absolute Gasteiger partial charge is 0.263 e. The summed E-state index contributed by atoms with van der Waals surface area (Å²) in [6, 6.07) is 6.30. The molecule has 1 N–H and O–H groups in total. The maximum atomic E-state index is 12.4. The summed E-state index contributed by atoms with van der Waals surface area (Å²) in [5, 5.41) is 5.95. The lowest BCUT2D eigenvalue weighted by Gasteiger charge is -2.14. The Balaban J connectivity index is 2.26. The molecule has 1 aromatic carbocycles. The topological polar surface area (TPSA) is 24.9 Å². The van der Waals surface area contributed by atoms with Crippen LogP contribution in [0.5, 0.6) is 0 Å². The number of thiazole rings is 1. The van der Waals surface area contributed by atoms with Gasteiger partial charge in [-0.2, -0.15) is 0 Å². The molecule has 1 aromatic heterocycles. The van der Waals surface area contributed by atoms with E-state index in [1.54, 1.807) is 18.3 Å². The highest BCUT2D eigenvalue weighted by molar-refractivity contribution is 7.09. The molecule has 5 heteroatoms. The number of nitrogens with zero attached hydrogens (tertiary/aromatic N) is 1. The lowest BCUT2D eigenvalue weighted by Crippen LogP contribution is -2.17. The van der Waals surface area contributed by atoms with E-state index >= 15 is 0 Å². The number of aromatic nitrogens is 1. The van der Waals surface area contributed by atoms with E-state index in [-0.39, 0.29) is 11.6 Å². The molecule has 0 radical (unpaired) electrons. The van der Waals surface area contributed by atoms with Crippen LogP contribution in [0.1, 0.15) is 28.6 Å². The van der Waals surface area contributed by atoms with Crippen LogP contribution in [-0.2, 0) is 0 Å². The Kier molecular flexibility index (Phi) is 3.81. The first-order valence-electron chi connectivity index (χ1n) is 5.17.